The number of hydrogen-bond donors (Lipinski definition) is 20. The van der Waals surface area contributed by atoms with E-state index >= 15 is 0 Å². The van der Waals surface area contributed by atoms with Gasteiger partial charge in [0.25, 0.3) is 41.4 Å². The summed E-state index contributed by atoms with van der Waals surface area (Å²) in [7, 11) is 1.32. The fourth-order valence-electron chi connectivity index (χ4n) is 7.48. The highest BCUT2D eigenvalue weighted by atomic mass is 16.2. The molecule has 0 spiro atoms. The molecule has 0 bridgehead atoms. The zero-order chi connectivity index (χ0) is 69.7. The largest absolute Gasteiger partial charge is 0.370 e. The third kappa shape index (κ3) is 32.4. The van der Waals surface area contributed by atoms with E-state index in [0.29, 0.717) is 25.1 Å². The molecule has 0 aromatic carbocycles. The van der Waals surface area contributed by atoms with Crippen LogP contribution in [0.3, 0.4) is 0 Å². The van der Waals surface area contributed by atoms with Crippen LogP contribution in [0.1, 0.15) is 87.5 Å². The molecule has 0 aliphatic carbocycles. The van der Waals surface area contributed by atoms with Crippen molar-refractivity contribution in [2.45, 2.75) is 179 Å². The van der Waals surface area contributed by atoms with Gasteiger partial charge in [-0.15, -0.1) is 0 Å². The fraction of sp³-hybridized carbons (Fsp3) is 0.635. The molecule has 0 aromatic heterocycles. The van der Waals surface area contributed by atoms with E-state index in [9.17, 15) is 91.1 Å². The van der Waals surface area contributed by atoms with Gasteiger partial charge in [0.1, 0.15) is 68.3 Å². The molecule has 0 aliphatic heterocycles. The van der Waals surface area contributed by atoms with Gasteiger partial charge in [-0.2, -0.15) is 0 Å². The standard InChI is InChI=1S/C52H88N20O19/c1-24(2)18-32(22-78)65-41(51(90)70-38(59-26(5)19-75)48(87)62-28(7)44(83)60-27(6)43(82)56-9)71-49(88)39(63-30(20-76)10-12-34(53)80)68-45(84)29(8)61-47(86)37(58-15-17-74)67-52(91)42(66-33(23-79)25(3)4)72-50(89)40(64-31(21-77)11-13-35(54)81)69-46(85)36(55)57-14-16-73/h16-17,19-33,36-42,57-59,63-66H,10-15,18,55H2,1-9H3,(H2,53,80)(H2,54,81)(H,56,82)(H,60,83)(H,61,86)(H,62,87)(H,67,91)(H,68,84)(H,69,85)(H,70,90)(H,71,88)(H,72,89)/t26-,27-,28-,29-,30+,31+,32+,33-,36-,37+,38+,39+,40+,41+,42+/m0/s1. The van der Waals surface area contributed by atoms with Crippen LogP contribution in [0.15, 0.2) is 0 Å². The molecule has 0 radical (unpaired) electrons. The number of hydrogen-bond acceptors (Lipinski definition) is 27. The Hall–Kier alpha value is -8.99. The van der Waals surface area contributed by atoms with Crippen molar-refractivity contribution in [1.29, 1.82) is 0 Å². The molecule has 0 saturated carbocycles. The second-order valence-corrected chi connectivity index (χ2v) is 21.1. The summed E-state index contributed by atoms with van der Waals surface area (Å²) in [5.74, 6) is -14.3. The molecule has 0 heterocycles. The maximum absolute atomic E-state index is 14.4. The summed E-state index contributed by atoms with van der Waals surface area (Å²) >= 11 is 0. The molecule has 0 fully saturated rings. The number of amides is 12. The van der Waals surface area contributed by atoms with Gasteiger partial charge in [-0.25, -0.2) is 0 Å². The van der Waals surface area contributed by atoms with Gasteiger partial charge in [0.2, 0.25) is 29.5 Å². The van der Waals surface area contributed by atoms with E-state index in [1.165, 1.54) is 41.7 Å². The first-order valence-electron chi connectivity index (χ1n) is 28.4. The molecule has 0 saturated heterocycles. The van der Waals surface area contributed by atoms with E-state index in [1.54, 1.807) is 13.8 Å². The number of rotatable bonds is 49. The van der Waals surface area contributed by atoms with Crippen molar-refractivity contribution in [1.82, 2.24) is 90.4 Å². The Labute approximate surface area is 523 Å². The molecule has 15 atom stereocenters. The summed E-state index contributed by atoms with van der Waals surface area (Å²) in [6.07, 6.45) is -13.2. The highest BCUT2D eigenvalue weighted by molar-refractivity contribution is 5.99. The molecule has 91 heavy (non-hydrogen) atoms. The molecule has 12 amide bonds. The van der Waals surface area contributed by atoms with Crippen molar-refractivity contribution in [3.05, 3.63) is 0 Å². The van der Waals surface area contributed by atoms with E-state index in [0.717, 1.165) is 6.92 Å². The average Bonchev–Trinajstić information content (AvgIpc) is 1.03. The lowest BCUT2D eigenvalue weighted by Gasteiger charge is -2.30. The minimum Gasteiger partial charge on any atom is -0.370 e. The molecule has 510 valence electrons. The second-order valence-electron chi connectivity index (χ2n) is 21.1. The molecule has 39 heteroatoms. The van der Waals surface area contributed by atoms with Crippen molar-refractivity contribution in [3.8, 4) is 0 Å². The van der Waals surface area contributed by atoms with Crippen LogP contribution in [-0.2, 0) is 91.1 Å². The lowest BCUT2D eigenvalue weighted by molar-refractivity contribution is -0.137. The van der Waals surface area contributed by atoms with Crippen molar-refractivity contribution >= 4 is 115 Å². The first-order valence-corrected chi connectivity index (χ1v) is 28.4. The van der Waals surface area contributed by atoms with Gasteiger partial charge in [-0.3, -0.25) is 94.8 Å². The van der Waals surface area contributed by atoms with E-state index in [2.05, 4.69) is 90.4 Å². The third-order valence-electron chi connectivity index (χ3n) is 12.5. The smallest absolute Gasteiger partial charge is 0.259 e. The summed E-state index contributed by atoms with van der Waals surface area (Å²) in [4.78, 5) is 243. The van der Waals surface area contributed by atoms with E-state index in [-0.39, 0.29) is 37.6 Å². The summed E-state index contributed by atoms with van der Waals surface area (Å²) in [6.45, 7) is 10.2. The van der Waals surface area contributed by atoms with Crippen LogP contribution in [0, 0.1) is 11.8 Å². The third-order valence-corrected chi connectivity index (χ3v) is 12.5. The number of carbonyl (C=O) groups excluding carboxylic acids is 19. The summed E-state index contributed by atoms with van der Waals surface area (Å²) < 4.78 is 0. The SMILES string of the molecule is CNC(=O)[C@H](C)NC(=O)[C@H](C)NC(=O)[C@@H](NC(=O)[C@@H](NC(=O)[C@@H](NC(=O)[C@H](C)NC(=O)[C@H](NCC=O)NC(=O)[C@@H](NC(=O)[C@@H](NC(=O)[C@@H](N)NCC=O)N[C@@H](C=O)CCC(N)=O)N[C@@H](C=O)C(C)C)N[C@@H](C=O)CCC(N)=O)N[C@@H](C=O)CC(C)C)N[C@@H](C)C=O. The normalized spacial score (nSPS) is 16.0. The summed E-state index contributed by atoms with van der Waals surface area (Å²) in [6, 6.07) is -10.7. The van der Waals surface area contributed by atoms with Gasteiger partial charge >= 0.3 is 0 Å². The maximum atomic E-state index is 14.4. The molecular formula is C52H88N20O19. The maximum Gasteiger partial charge on any atom is 0.259 e. The van der Waals surface area contributed by atoms with Crippen molar-refractivity contribution in [2.75, 3.05) is 20.1 Å². The molecule has 23 N–H and O–H groups in total. The molecule has 0 unspecified atom stereocenters. The summed E-state index contributed by atoms with van der Waals surface area (Å²) in [5.41, 5.74) is 16.3. The van der Waals surface area contributed by atoms with Crippen LogP contribution >= 0.6 is 0 Å². The average molecular weight is 1300 g/mol. The predicted molar refractivity (Wildman–Crippen MR) is 316 cm³/mol. The zero-order valence-corrected chi connectivity index (χ0v) is 51.8. The Kier molecular flexibility index (Phi) is 39.3. The zero-order valence-electron chi connectivity index (χ0n) is 51.8. The molecule has 0 aliphatic rings. The number of aldehydes is 7. The number of primary amides is 2. The molecule has 0 rings (SSSR count). The Bertz CT molecular complexity index is 2550. The van der Waals surface area contributed by atoms with Gasteiger partial charge in [-0.05, 0) is 58.8 Å². The van der Waals surface area contributed by atoms with Gasteiger partial charge < -0.3 is 104 Å². The number of likely N-dealkylation sites (N-methyl/N-ethyl adjacent to an activating group) is 1. The monoisotopic (exact) mass is 1300 g/mol. The van der Waals surface area contributed by atoms with Crippen LogP contribution in [0.25, 0.3) is 0 Å². The Morgan fingerprint density at radius 1 is 0.374 bits per heavy atom. The van der Waals surface area contributed by atoms with Gasteiger partial charge in [0, 0.05) is 19.9 Å². The lowest BCUT2D eigenvalue weighted by atomic mass is 10.0. The highest BCUT2D eigenvalue weighted by Crippen LogP contribution is 2.06. The van der Waals surface area contributed by atoms with Crippen LogP contribution in [-0.4, -0.2) is 227 Å². The molecule has 0 aromatic rings. The number of nitrogens with one attached hydrogen (secondary N) is 17. The lowest BCUT2D eigenvalue weighted by Crippen LogP contribution is -2.69. The second kappa shape index (κ2) is 43.6. The first-order chi connectivity index (χ1) is 42.7. The molecule has 39 nitrogen and oxygen atoms in total. The van der Waals surface area contributed by atoms with Crippen molar-refractivity contribution in [3.63, 3.8) is 0 Å². The predicted octanol–water partition coefficient (Wildman–Crippen LogP) is -12.2. The Balaban J connectivity index is 7.39. The van der Waals surface area contributed by atoms with Gasteiger partial charge in [0.05, 0.1) is 43.3 Å². The van der Waals surface area contributed by atoms with E-state index < -0.39 is 201 Å². The highest BCUT2D eigenvalue weighted by Gasteiger charge is 2.37. The van der Waals surface area contributed by atoms with Crippen LogP contribution < -0.4 is 108 Å². The van der Waals surface area contributed by atoms with E-state index in [1.807, 2.05) is 0 Å². The van der Waals surface area contributed by atoms with Crippen molar-refractivity contribution in [2.24, 2.45) is 29.0 Å². The molecular weight excluding hydrogens is 1210 g/mol. The quantitative estimate of drug-likeness (QED) is 0.0199. The minimum absolute atomic E-state index is 0.0245. The van der Waals surface area contributed by atoms with Crippen LogP contribution in [0.2, 0.25) is 0 Å². The van der Waals surface area contributed by atoms with Crippen LogP contribution in [0.5, 0.6) is 0 Å². The Morgan fingerprint density at radius 2 is 0.714 bits per heavy atom. The van der Waals surface area contributed by atoms with Crippen molar-refractivity contribution < 1.29 is 91.1 Å². The topological polar surface area (TPSA) is 607 Å². The van der Waals surface area contributed by atoms with Gasteiger partial charge in [-0.1, -0.05) is 27.7 Å². The first kappa shape index (κ1) is 82.0. The number of nitrogens with two attached hydrogens (primary N) is 3. The van der Waals surface area contributed by atoms with Crippen LogP contribution in [0.4, 0.5) is 0 Å². The van der Waals surface area contributed by atoms with Gasteiger partial charge in [0.15, 0.2) is 37.0 Å². The Morgan fingerprint density at radius 3 is 1.10 bits per heavy atom. The minimum atomic E-state index is -2.14. The fourth-order valence-corrected chi connectivity index (χ4v) is 7.48. The number of carbonyl (C=O) groups is 19. The van der Waals surface area contributed by atoms with E-state index in [4.69, 9.17) is 17.2 Å². The summed E-state index contributed by atoms with van der Waals surface area (Å²) in [5, 5.41) is 39.9.